The number of rotatable bonds is 3. The van der Waals surface area contributed by atoms with Crippen LogP contribution in [0.1, 0.15) is 13.8 Å². The second-order valence-corrected chi connectivity index (χ2v) is 2.37. The molecule has 1 atom stereocenters. The highest BCUT2D eigenvalue weighted by Crippen LogP contribution is 1.93. The van der Waals surface area contributed by atoms with Crippen molar-refractivity contribution in [2.75, 3.05) is 6.61 Å². The molecule has 0 aromatic carbocycles. The zero-order chi connectivity index (χ0) is 8.85. The predicted molar refractivity (Wildman–Crippen MR) is 43.2 cm³/mol. The molecule has 4 nitrogen and oxygen atoms in total. The first kappa shape index (κ1) is 10.3. The standard InChI is InChI=1S/C6H11NO3S/c1-3-10-6(9)5(11)7-4(2)8/h5,11H,3H2,1-2H3,(H,7,8). The van der Waals surface area contributed by atoms with E-state index in [0.29, 0.717) is 0 Å². The second-order valence-electron chi connectivity index (χ2n) is 1.86. The molecule has 0 bridgehead atoms. The number of hydrogen-bond donors (Lipinski definition) is 2. The first-order valence-corrected chi connectivity index (χ1v) is 3.71. The molecule has 0 aromatic rings. The summed E-state index contributed by atoms with van der Waals surface area (Å²) in [4.78, 5) is 21.2. The van der Waals surface area contributed by atoms with Crippen LogP contribution in [0.3, 0.4) is 0 Å². The summed E-state index contributed by atoms with van der Waals surface area (Å²) in [7, 11) is 0. The van der Waals surface area contributed by atoms with Gasteiger partial charge in [0.25, 0.3) is 0 Å². The molecular weight excluding hydrogens is 166 g/mol. The highest BCUT2D eigenvalue weighted by atomic mass is 32.1. The summed E-state index contributed by atoms with van der Waals surface area (Å²) in [5, 5.41) is 1.42. The molecule has 11 heavy (non-hydrogen) atoms. The van der Waals surface area contributed by atoms with Crippen molar-refractivity contribution in [3.63, 3.8) is 0 Å². The molecule has 0 radical (unpaired) electrons. The Hall–Kier alpha value is -0.710. The molecule has 1 unspecified atom stereocenters. The van der Waals surface area contributed by atoms with Crippen molar-refractivity contribution in [2.24, 2.45) is 0 Å². The number of ether oxygens (including phenoxy) is 1. The van der Waals surface area contributed by atoms with Gasteiger partial charge in [0.15, 0.2) is 5.37 Å². The lowest BCUT2D eigenvalue weighted by Crippen LogP contribution is -2.36. The van der Waals surface area contributed by atoms with Gasteiger partial charge in [-0.2, -0.15) is 0 Å². The van der Waals surface area contributed by atoms with Crippen LogP contribution in [-0.2, 0) is 14.3 Å². The van der Waals surface area contributed by atoms with Gasteiger partial charge in [0.1, 0.15) is 0 Å². The Bertz CT molecular complexity index is 160. The number of hydrogen-bond acceptors (Lipinski definition) is 4. The fraction of sp³-hybridized carbons (Fsp3) is 0.667. The van der Waals surface area contributed by atoms with Crippen molar-refractivity contribution in [2.45, 2.75) is 19.2 Å². The van der Waals surface area contributed by atoms with Gasteiger partial charge < -0.3 is 10.1 Å². The molecule has 0 aliphatic heterocycles. The van der Waals surface area contributed by atoms with Crippen LogP contribution >= 0.6 is 12.6 Å². The third kappa shape index (κ3) is 4.66. The van der Waals surface area contributed by atoms with Crippen LogP contribution in [0, 0.1) is 0 Å². The van der Waals surface area contributed by atoms with Gasteiger partial charge in [-0.05, 0) is 6.92 Å². The fourth-order valence-corrected chi connectivity index (χ4v) is 0.729. The van der Waals surface area contributed by atoms with Gasteiger partial charge in [0.2, 0.25) is 5.91 Å². The molecule has 0 aliphatic rings. The number of carbonyl (C=O) groups is 2. The Kier molecular flexibility index (Phi) is 4.69. The number of esters is 1. The Morgan fingerprint density at radius 2 is 2.18 bits per heavy atom. The quantitative estimate of drug-likeness (QED) is 0.361. The summed E-state index contributed by atoms with van der Waals surface area (Å²) in [5.41, 5.74) is 0. The summed E-state index contributed by atoms with van der Waals surface area (Å²) >= 11 is 3.79. The monoisotopic (exact) mass is 177 g/mol. The van der Waals surface area contributed by atoms with Crippen LogP contribution < -0.4 is 5.32 Å². The van der Waals surface area contributed by atoms with Gasteiger partial charge in [0.05, 0.1) is 6.61 Å². The normalized spacial score (nSPS) is 11.9. The Morgan fingerprint density at radius 1 is 1.64 bits per heavy atom. The maximum absolute atomic E-state index is 10.8. The van der Waals surface area contributed by atoms with Crippen LogP contribution in [-0.4, -0.2) is 23.9 Å². The average molecular weight is 177 g/mol. The maximum Gasteiger partial charge on any atom is 0.339 e. The molecule has 64 valence electrons. The van der Waals surface area contributed by atoms with E-state index in [4.69, 9.17) is 0 Å². The van der Waals surface area contributed by atoms with E-state index in [1.807, 2.05) is 0 Å². The molecular formula is C6H11NO3S. The number of nitrogens with one attached hydrogen (secondary N) is 1. The zero-order valence-electron chi connectivity index (χ0n) is 6.46. The predicted octanol–water partition coefficient (Wildman–Crippen LogP) is -0.0585. The summed E-state index contributed by atoms with van der Waals surface area (Å²) in [5.74, 6) is -0.843. The third-order valence-corrected chi connectivity index (χ3v) is 1.19. The first-order chi connectivity index (χ1) is 5.07. The summed E-state index contributed by atoms with van der Waals surface area (Å²) in [6, 6.07) is 0. The molecule has 1 amide bonds. The van der Waals surface area contributed by atoms with Crippen molar-refractivity contribution in [3.05, 3.63) is 0 Å². The largest absolute Gasteiger partial charge is 0.464 e. The molecule has 0 rings (SSSR count). The van der Waals surface area contributed by atoms with Gasteiger partial charge in [-0.1, -0.05) is 0 Å². The molecule has 0 saturated carbocycles. The van der Waals surface area contributed by atoms with Gasteiger partial charge >= 0.3 is 5.97 Å². The fourth-order valence-electron chi connectivity index (χ4n) is 0.473. The molecule has 0 aliphatic carbocycles. The van der Waals surface area contributed by atoms with Gasteiger partial charge in [-0.15, -0.1) is 12.6 Å². The van der Waals surface area contributed by atoms with Gasteiger partial charge in [-0.25, -0.2) is 4.79 Å². The number of amides is 1. The van der Waals surface area contributed by atoms with E-state index in [-0.39, 0.29) is 12.5 Å². The van der Waals surface area contributed by atoms with Crippen LogP contribution in [0.2, 0.25) is 0 Å². The molecule has 5 heteroatoms. The Balaban J connectivity index is 3.73. The van der Waals surface area contributed by atoms with E-state index in [1.165, 1.54) is 6.92 Å². The molecule has 0 spiro atoms. The minimum Gasteiger partial charge on any atom is -0.464 e. The van der Waals surface area contributed by atoms with Crippen LogP contribution in [0.5, 0.6) is 0 Å². The highest BCUT2D eigenvalue weighted by Gasteiger charge is 2.14. The topological polar surface area (TPSA) is 55.4 Å². The van der Waals surface area contributed by atoms with Crippen molar-refractivity contribution >= 4 is 24.5 Å². The van der Waals surface area contributed by atoms with Gasteiger partial charge in [-0.3, -0.25) is 4.79 Å². The van der Waals surface area contributed by atoms with Crippen molar-refractivity contribution in [3.8, 4) is 0 Å². The minimum absolute atomic E-state index is 0.287. The van der Waals surface area contributed by atoms with E-state index < -0.39 is 11.3 Å². The zero-order valence-corrected chi connectivity index (χ0v) is 7.35. The van der Waals surface area contributed by atoms with Gasteiger partial charge in [0, 0.05) is 6.92 Å². The number of thiol groups is 1. The number of carbonyl (C=O) groups excluding carboxylic acids is 2. The second kappa shape index (κ2) is 5.01. The van der Waals surface area contributed by atoms with E-state index >= 15 is 0 Å². The smallest absolute Gasteiger partial charge is 0.339 e. The third-order valence-electron chi connectivity index (χ3n) is 0.850. The van der Waals surface area contributed by atoms with E-state index in [1.54, 1.807) is 6.92 Å². The first-order valence-electron chi connectivity index (χ1n) is 3.19. The lowest BCUT2D eigenvalue weighted by molar-refractivity contribution is -0.144. The van der Waals surface area contributed by atoms with Crippen molar-refractivity contribution in [1.29, 1.82) is 0 Å². The van der Waals surface area contributed by atoms with E-state index in [2.05, 4.69) is 22.7 Å². The van der Waals surface area contributed by atoms with Crippen LogP contribution in [0.25, 0.3) is 0 Å². The summed E-state index contributed by atoms with van der Waals surface area (Å²) in [6.07, 6.45) is 0. The van der Waals surface area contributed by atoms with E-state index in [0.717, 1.165) is 0 Å². The summed E-state index contributed by atoms with van der Waals surface area (Å²) < 4.78 is 4.57. The molecule has 0 saturated heterocycles. The Labute approximate surface area is 70.7 Å². The van der Waals surface area contributed by atoms with Crippen LogP contribution in [0.4, 0.5) is 0 Å². The van der Waals surface area contributed by atoms with Crippen molar-refractivity contribution < 1.29 is 14.3 Å². The molecule has 1 N–H and O–H groups in total. The Morgan fingerprint density at radius 3 is 2.55 bits per heavy atom. The lowest BCUT2D eigenvalue weighted by Gasteiger charge is -2.09. The average Bonchev–Trinajstić information content (AvgIpc) is 1.86. The van der Waals surface area contributed by atoms with E-state index in [9.17, 15) is 9.59 Å². The SMILES string of the molecule is CCOC(=O)C(S)NC(C)=O. The highest BCUT2D eigenvalue weighted by molar-refractivity contribution is 7.81. The maximum atomic E-state index is 10.8. The summed E-state index contributed by atoms with van der Waals surface area (Å²) in [6.45, 7) is 3.28. The molecule has 0 aromatic heterocycles. The molecule has 0 fully saturated rings. The van der Waals surface area contributed by atoms with Crippen LogP contribution in [0.15, 0.2) is 0 Å². The van der Waals surface area contributed by atoms with Crippen molar-refractivity contribution in [1.82, 2.24) is 5.32 Å². The molecule has 0 heterocycles. The minimum atomic E-state index is -0.854. The lowest BCUT2D eigenvalue weighted by atomic mass is 10.6.